The van der Waals surface area contributed by atoms with Crippen molar-refractivity contribution in [1.82, 2.24) is 5.32 Å². The summed E-state index contributed by atoms with van der Waals surface area (Å²) in [6, 6.07) is -2.29. The van der Waals surface area contributed by atoms with Crippen molar-refractivity contribution in [3.63, 3.8) is 0 Å². The van der Waals surface area contributed by atoms with Crippen LogP contribution in [0.25, 0.3) is 0 Å². The number of carbonyl (C=O) groups excluding carboxylic acids is 2. The molecule has 2 bridgehead atoms. The largest absolute Gasteiger partial charge is 0.462 e. The molecule has 0 aromatic rings. The first-order chi connectivity index (χ1) is 33.1. The topological polar surface area (TPSA) is 352 Å². The number of hydrogen-bond donors (Lipinski definition) is 14. The Bertz CT molecular complexity index is 1770. The number of aliphatic hydroxyl groups excluding tert-OH is 11. The summed E-state index contributed by atoms with van der Waals surface area (Å²) in [7, 11) is 0. The van der Waals surface area contributed by atoms with Crippen molar-refractivity contribution in [3.8, 4) is 0 Å². The van der Waals surface area contributed by atoms with Crippen LogP contribution in [0.1, 0.15) is 79.1 Å². The van der Waals surface area contributed by atoms with Crippen molar-refractivity contribution in [2.75, 3.05) is 13.2 Å². The Morgan fingerprint density at radius 1 is 0.700 bits per heavy atom. The van der Waals surface area contributed by atoms with Crippen LogP contribution in [-0.4, -0.2) is 190 Å². The van der Waals surface area contributed by atoms with Gasteiger partial charge in [0.2, 0.25) is 5.91 Å². The summed E-state index contributed by atoms with van der Waals surface area (Å²) in [5.74, 6) is -6.18. The molecule has 19 atom stereocenters. The van der Waals surface area contributed by atoms with E-state index in [1.54, 1.807) is 86.8 Å². The van der Waals surface area contributed by atoms with E-state index in [1.807, 2.05) is 13.0 Å². The van der Waals surface area contributed by atoms with E-state index in [2.05, 4.69) is 5.32 Å². The van der Waals surface area contributed by atoms with Crippen molar-refractivity contribution < 1.29 is 89.8 Å². The van der Waals surface area contributed by atoms with E-state index in [0.717, 1.165) is 0 Å². The fourth-order valence-electron chi connectivity index (χ4n) is 8.44. The van der Waals surface area contributed by atoms with Gasteiger partial charge in [0.25, 0.3) is 0 Å². The van der Waals surface area contributed by atoms with Gasteiger partial charge in [0, 0.05) is 37.5 Å². The molecular formula is C50H80N2O18. The highest BCUT2D eigenvalue weighted by molar-refractivity contribution is 5.80. The van der Waals surface area contributed by atoms with E-state index < -0.39 is 166 Å². The van der Waals surface area contributed by atoms with E-state index in [9.17, 15) is 70.9 Å². The van der Waals surface area contributed by atoms with Crippen LogP contribution in [0.4, 0.5) is 0 Å². The molecule has 3 rings (SSSR count). The molecule has 0 spiro atoms. The van der Waals surface area contributed by atoms with Gasteiger partial charge in [-0.25, -0.2) is 0 Å². The number of carbonyl (C=O) groups is 2. The third kappa shape index (κ3) is 20.2. The van der Waals surface area contributed by atoms with Gasteiger partial charge in [0.1, 0.15) is 12.2 Å². The molecule has 0 saturated carbocycles. The summed E-state index contributed by atoms with van der Waals surface area (Å²) in [6.45, 7) is 5.43. The summed E-state index contributed by atoms with van der Waals surface area (Å²) in [5, 5.41) is 131. The molecule has 3 aliphatic rings. The van der Waals surface area contributed by atoms with Crippen LogP contribution in [0.5, 0.6) is 0 Å². The number of rotatable bonds is 6. The summed E-state index contributed by atoms with van der Waals surface area (Å²) in [5.41, 5.74) is 6.07. The predicted octanol–water partition coefficient (Wildman–Crippen LogP) is -0.903. The third-order valence-corrected chi connectivity index (χ3v) is 12.8. The molecule has 70 heavy (non-hydrogen) atoms. The van der Waals surface area contributed by atoms with Crippen molar-refractivity contribution >= 4 is 11.9 Å². The normalized spacial score (nSPS) is 43.1. The van der Waals surface area contributed by atoms with Crippen LogP contribution in [-0.2, 0) is 28.5 Å². The van der Waals surface area contributed by atoms with E-state index >= 15 is 0 Å². The van der Waals surface area contributed by atoms with Gasteiger partial charge in [0.05, 0.1) is 105 Å². The molecule has 0 aromatic heterocycles. The minimum absolute atomic E-state index is 0.121. The minimum Gasteiger partial charge on any atom is -0.462 e. The second-order valence-electron chi connectivity index (χ2n) is 18.8. The van der Waals surface area contributed by atoms with Gasteiger partial charge >= 0.3 is 5.97 Å². The molecule has 15 N–H and O–H groups in total. The van der Waals surface area contributed by atoms with Crippen LogP contribution >= 0.6 is 0 Å². The number of nitrogens with two attached hydrogens (primary N) is 1. The summed E-state index contributed by atoms with van der Waals surface area (Å²) < 4.78 is 23.5. The van der Waals surface area contributed by atoms with Crippen LogP contribution in [0, 0.1) is 17.8 Å². The molecule has 2 saturated heterocycles. The van der Waals surface area contributed by atoms with Crippen molar-refractivity contribution in [2.24, 2.45) is 23.5 Å². The highest BCUT2D eigenvalue weighted by Gasteiger charge is 2.51. The van der Waals surface area contributed by atoms with Crippen LogP contribution in [0.15, 0.2) is 85.1 Å². The first kappa shape index (κ1) is 60.8. The minimum atomic E-state index is -2.35. The highest BCUT2D eigenvalue weighted by Crippen LogP contribution is 2.38. The number of ether oxygens (including phenoxy) is 4. The zero-order valence-corrected chi connectivity index (χ0v) is 40.5. The molecule has 3 aliphatic heterocycles. The Morgan fingerprint density at radius 3 is 1.86 bits per heavy atom. The average Bonchev–Trinajstić information content (AvgIpc) is 3.29. The van der Waals surface area contributed by atoms with Gasteiger partial charge in [-0.05, 0) is 33.1 Å². The first-order valence-electron chi connectivity index (χ1n) is 24.1. The molecular weight excluding hydrogens is 917 g/mol. The second-order valence-corrected chi connectivity index (χ2v) is 18.8. The SMILES string of the molecule is C[C@@H]1OC(=O)CC(O)CC(O)CCC(O)C(O)CC(O)CC2(O)C[C@H](O)C(C(=O)NC(CO)CO)[C@H](CC(O[C@@H]3O[C@H](C)C(O)[C@H](N)C3O)/C=C/C=C/C=C/C=C/C=C/C=C/C=C/[C@H](C)C(O)[C@H]1C)O2. The molecule has 2 fully saturated rings. The number of aliphatic hydroxyl groups is 12. The maximum atomic E-state index is 13.7. The lowest BCUT2D eigenvalue weighted by Gasteiger charge is -2.46. The molecule has 20 nitrogen and oxygen atoms in total. The lowest BCUT2D eigenvalue weighted by Crippen LogP contribution is -2.62. The van der Waals surface area contributed by atoms with E-state index in [4.69, 9.17) is 24.7 Å². The first-order valence-corrected chi connectivity index (χ1v) is 24.1. The van der Waals surface area contributed by atoms with Gasteiger partial charge in [-0.15, -0.1) is 0 Å². The lowest BCUT2D eigenvalue weighted by molar-refractivity contribution is -0.307. The Kier molecular flexibility index (Phi) is 26.5. The fraction of sp³-hybridized carbons (Fsp3) is 0.680. The Labute approximate surface area is 410 Å². The van der Waals surface area contributed by atoms with E-state index in [-0.39, 0.29) is 31.6 Å². The molecule has 0 aromatic carbocycles. The number of amides is 1. The number of cyclic esters (lactones) is 1. The molecule has 0 aliphatic carbocycles. The van der Waals surface area contributed by atoms with Gasteiger partial charge in [-0.3, -0.25) is 9.59 Å². The molecule has 20 heteroatoms. The van der Waals surface area contributed by atoms with Crippen molar-refractivity contribution in [1.29, 1.82) is 0 Å². The van der Waals surface area contributed by atoms with Gasteiger partial charge in [0.15, 0.2) is 12.1 Å². The maximum Gasteiger partial charge on any atom is 0.308 e. The highest BCUT2D eigenvalue weighted by atomic mass is 16.7. The van der Waals surface area contributed by atoms with Crippen LogP contribution in [0.2, 0.25) is 0 Å². The van der Waals surface area contributed by atoms with Gasteiger partial charge in [-0.2, -0.15) is 0 Å². The zero-order valence-electron chi connectivity index (χ0n) is 40.5. The quantitative estimate of drug-likeness (QED) is 0.143. The third-order valence-electron chi connectivity index (χ3n) is 12.8. The fourth-order valence-corrected chi connectivity index (χ4v) is 8.44. The van der Waals surface area contributed by atoms with Crippen molar-refractivity contribution in [2.45, 2.75) is 183 Å². The number of hydrogen-bond acceptors (Lipinski definition) is 19. The van der Waals surface area contributed by atoms with E-state index in [0.29, 0.717) is 0 Å². The van der Waals surface area contributed by atoms with Crippen LogP contribution in [0.3, 0.4) is 0 Å². The summed E-state index contributed by atoms with van der Waals surface area (Å²) >= 11 is 0. The number of allylic oxidation sites excluding steroid dienone is 12. The number of fused-ring (bicyclic) bond motifs is 2. The summed E-state index contributed by atoms with van der Waals surface area (Å²) in [4.78, 5) is 26.4. The molecule has 398 valence electrons. The Balaban J connectivity index is 1.94. The van der Waals surface area contributed by atoms with Crippen LogP contribution < -0.4 is 11.1 Å². The smallest absolute Gasteiger partial charge is 0.308 e. The maximum absolute atomic E-state index is 13.7. The zero-order chi connectivity index (χ0) is 52.1. The average molecular weight is 997 g/mol. The Hall–Kier alpha value is -3.52. The molecule has 11 unspecified atom stereocenters. The predicted molar refractivity (Wildman–Crippen MR) is 255 cm³/mol. The second kappa shape index (κ2) is 30.5. The number of esters is 1. The monoisotopic (exact) mass is 997 g/mol. The molecule has 1 amide bonds. The van der Waals surface area contributed by atoms with Gasteiger partial charge < -0.3 is 91.3 Å². The number of nitrogens with one attached hydrogen (secondary N) is 1. The standard InChI is InChI=1S/C50H80N2O18/c1-29-17-15-13-11-9-7-5-6-8-10-12-14-16-18-37(69-49-47(64)44(51)46(63)32(4)68-49)24-41-43(48(65)52-33(27-53)28-54)40(60)26-50(66,70-41)25-36(57)22-39(59)38(58)20-19-34(55)21-35(56)23-42(61)67-31(3)30(2)45(29)62/h5-18,29-41,43-47,49,53-60,62-64,66H,19-28,51H2,1-4H3,(H,52,65)/b6-5+,9-7+,10-8+,13-11+,14-12+,17-15+,18-16+/t29-,30-,31-,32+,34?,35?,36?,37?,38?,39?,40-,41-,43?,44-,45?,46?,47?,49-,50?/m0/s1. The van der Waals surface area contributed by atoms with E-state index in [1.165, 1.54) is 13.0 Å². The summed E-state index contributed by atoms with van der Waals surface area (Å²) in [6.07, 6.45) is 3.19. The lowest BCUT2D eigenvalue weighted by atomic mass is 9.82. The van der Waals surface area contributed by atoms with Gasteiger partial charge in [-0.1, -0.05) is 98.9 Å². The Morgan fingerprint density at radius 2 is 1.27 bits per heavy atom. The van der Waals surface area contributed by atoms with Crippen molar-refractivity contribution in [3.05, 3.63) is 85.1 Å². The molecule has 3 heterocycles. The molecule has 0 radical (unpaired) electrons.